The van der Waals surface area contributed by atoms with Gasteiger partial charge in [-0.25, -0.2) is 18.0 Å². The molecule has 3 nitrogen and oxygen atoms in total. The maximum absolute atomic E-state index is 14.7. The zero-order chi connectivity index (χ0) is 22.4. The third-order valence-corrected chi connectivity index (χ3v) is 4.91. The van der Waals surface area contributed by atoms with Crippen molar-refractivity contribution in [2.24, 2.45) is 0 Å². The van der Waals surface area contributed by atoms with Crippen molar-refractivity contribution < 1.29 is 22.7 Å². The second-order valence-corrected chi connectivity index (χ2v) is 7.09. The van der Waals surface area contributed by atoms with Gasteiger partial charge >= 0.3 is 5.97 Å². The molecule has 3 aromatic rings. The van der Waals surface area contributed by atoms with Gasteiger partial charge in [-0.05, 0) is 42.2 Å². The zero-order valence-electron chi connectivity index (χ0n) is 16.9. The molecule has 0 aromatic heterocycles. The monoisotopic (exact) mass is 423 g/mol. The van der Waals surface area contributed by atoms with E-state index in [0.717, 1.165) is 49.4 Å². The fraction of sp³-hybridized carbons (Fsp3) is 0.200. The number of halogens is 3. The van der Waals surface area contributed by atoms with E-state index in [2.05, 4.69) is 6.92 Å². The Balaban J connectivity index is 1.79. The Morgan fingerprint density at radius 1 is 0.968 bits per heavy atom. The minimum Gasteiger partial charge on any atom is -0.423 e. The van der Waals surface area contributed by atoms with E-state index in [9.17, 15) is 18.0 Å². The third kappa shape index (κ3) is 5.13. The molecule has 0 aliphatic carbocycles. The van der Waals surface area contributed by atoms with Gasteiger partial charge in [0.25, 0.3) is 0 Å². The lowest BCUT2D eigenvalue weighted by Gasteiger charge is -2.10. The van der Waals surface area contributed by atoms with Crippen LogP contribution in [-0.2, 0) is 6.42 Å². The highest BCUT2D eigenvalue weighted by atomic mass is 19.2. The number of hydrogen-bond acceptors (Lipinski definition) is 3. The summed E-state index contributed by atoms with van der Waals surface area (Å²) in [5.74, 6) is -4.78. The maximum Gasteiger partial charge on any atom is 0.346 e. The fourth-order valence-corrected chi connectivity index (χ4v) is 3.17. The summed E-state index contributed by atoms with van der Waals surface area (Å²) in [4.78, 5) is 12.3. The average molecular weight is 423 g/mol. The van der Waals surface area contributed by atoms with Gasteiger partial charge in [0.15, 0.2) is 11.6 Å². The molecule has 31 heavy (non-hydrogen) atoms. The van der Waals surface area contributed by atoms with Gasteiger partial charge in [0.2, 0.25) is 0 Å². The van der Waals surface area contributed by atoms with Gasteiger partial charge in [0, 0.05) is 11.6 Å². The summed E-state index contributed by atoms with van der Waals surface area (Å²) in [6, 6.07) is 14.4. The summed E-state index contributed by atoms with van der Waals surface area (Å²) >= 11 is 0. The molecule has 0 aliphatic heterocycles. The summed E-state index contributed by atoms with van der Waals surface area (Å²) in [6.07, 6.45) is 4.25. The summed E-state index contributed by atoms with van der Waals surface area (Å²) in [6.45, 7) is 2.13. The van der Waals surface area contributed by atoms with Crippen LogP contribution in [-0.4, -0.2) is 5.97 Å². The number of carbonyl (C=O) groups is 1. The molecule has 0 fully saturated rings. The minimum absolute atomic E-state index is 0.0265. The molecule has 0 unspecified atom stereocenters. The third-order valence-electron chi connectivity index (χ3n) is 4.91. The largest absolute Gasteiger partial charge is 0.423 e. The number of hydrogen-bond donors (Lipinski definition) is 0. The molecule has 158 valence electrons. The molecule has 0 atom stereocenters. The standard InChI is InChI=1S/C25H20F3NO2/c1-2-3-4-5-16-6-8-17(9-7-16)20-12-13-21(24(28)23(20)27)25(30)31-19-11-10-18(15-29)22(26)14-19/h6-14H,2-5H2,1H3. The normalized spacial score (nSPS) is 10.5. The highest BCUT2D eigenvalue weighted by Gasteiger charge is 2.21. The molecule has 0 heterocycles. The Morgan fingerprint density at radius 2 is 1.71 bits per heavy atom. The van der Waals surface area contributed by atoms with Crippen molar-refractivity contribution in [3.05, 3.63) is 88.7 Å². The molecule has 0 spiro atoms. The van der Waals surface area contributed by atoms with Crippen molar-refractivity contribution in [1.29, 1.82) is 5.26 Å². The first kappa shape index (κ1) is 22.1. The van der Waals surface area contributed by atoms with Crippen LogP contribution < -0.4 is 4.74 Å². The summed E-state index contributed by atoms with van der Waals surface area (Å²) in [5.41, 5.74) is 0.802. The number of benzene rings is 3. The van der Waals surface area contributed by atoms with Crippen LogP contribution in [0.25, 0.3) is 11.1 Å². The van der Waals surface area contributed by atoms with Gasteiger partial charge in [-0.2, -0.15) is 5.26 Å². The number of rotatable bonds is 7. The number of unbranched alkanes of at least 4 members (excludes halogenated alkanes) is 2. The van der Waals surface area contributed by atoms with Crippen LogP contribution >= 0.6 is 0 Å². The fourth-order valence-electron chi connectivity index (χ4n) is 3.17. The van der Waals surface area contributed by atoms with Gasteiger partial charge in [-0.1, -0.05) is 50.1 Å². The van der Waals surface area contributed by atoms with E-state index < -0.39 is 29.0 Å². The smallest absolute Gasteiger partial charge is 0.346 e. The quantitative estimate of drug-likeness (QED) is 0.245. The first-order chi connectivity index (χ1) is 14.9. The van der Waals surface area contributed by atoms with Gasteiger partial charge in [-0.3, -0.25) is 0 Å². The predicted octanol–water partition coefficient (Wildman–Crippen LogP) is 6.59. The Morgan fingerprint density at radius 3 is 2.35 bits per heavy atom. The van der Waals surface area contributed by atoms with E-state index in [1.807, 2.05) is 12.1 Å². The Bertz CT molecular complexity index is 1130. The number of ether oxygens (including phenoxy) is 1. The molecule has 0 amide bonds. The van der Waals surface area contributed by atoms with Gasteiger partial charge in [0.1, 0.15) is 17.6 Å². The van der Waals surface area contributed by atoms with Crippen LogP contribution in [0.1, 0.15) is 47.7 Å². The van der Waals surface area contributed by atoms with Crippen LogP contribution in [0.3, 0.4) is 0 Å². The van der Waals surface area contributed by atoms with Crippen LogP contribution in [0, 0.1) is 28.8 Å². The van der Waals surface area contributed by atoms with Crippen LogP contribution in [0.4, 0.5) is 13.2 Å². The number of carbonyl (C=O) groups excluding carboxylic acids is 1. The van der Waals surface area contributed by atoms with Crippen molar-refractivity contribution in [2.75, 3.05) is 0 Å². The van der Waals surface area contributed by atoms with Crippen molar-refractivity contribution in [3.8, 4) is 22.9 Å². The van der Waals surface area contributed by atoms with Crippen LogP contribution in [0.5, 0.6) is 5.75 Å². The van der Waals surface area contributed by atoms with Crippen molar-refractivity contribution in [1.82, 2.24) is 0 Å². The van der Waals surface area contributed by atoms with Crippen molar-refractivity contribution in [3.63, 3.8) is 0 Å². The lowest BCUT2D eigenvalue weighted by molar-refractivity contribution is 0.0728. The molecule has 0 N–H and O–H groups in total. The van der Waals surface area contributed by atoms with E-state index in [0.29, 0.717) is 5.56 Å². The van der Waals surface area contributed by atoms with E-state index in [-0.39, 0.29) is 16.9 Å². The Hall–Kier alpha value is -3.59. The molecule has 3 aromatic carbocycles. The van der Waals surface area contributed by atoms with Crippen LogP contribution in [0.15, 0.2) is 54.6 Å². The first-order valence-electron chi connectivity index (χ1n) is 9.93. The summed E-state index contributed by atoms with van der Waals surface area (Å²) < 4.78 is 47.9. The number of nitriles is 1. The highest BCUT2D eigenvalue weighted by molar-refractivity contribution is 5.92. The second kappa shape index (κ2) is 9.94. The van der Waals surface area contributed by atoms with Crippen molar-refractivity contribution >= 4 is 5.97 Å². The van der Waals surface area contributed by atoms with E-state index in [1.54, 1.807) is 18.2 Å². The molecule has 3 rings (SSSR count). The van der Waals surface area contributed by atoms with Gasteiger partial charge in [-0.15, -0.1) is 0 Å². The molecule has 0 saturated carbocycles. The number of esters is 1. The van der Waals surface area contributed by atoms with Crippen LogP contribution in [0.2, 0.25) is 0 Å². The van der Waals surface area contributed by atoms with E-state index in [1.165, 1.54) is 12.1 Å². The predicted molar refractivity (Wildman–Crippen MR) is 111 cm³/mol. The topological polar surface area (TPSA) is 50.1 Å². The van der Waals surface area contributed by atoms with Gasteiger partial charge in [0.05, 0.1) is 11.1 Å². The second-order valence-electron chi connectivity index (χ2n) is 7.09. The first-order valence-corrected chi connectivity index (χ1v) is 9.93. The molecule has 0 saturated heterocycles. The maximum atomic E-state index is 14.7. The molecule has 0 radical (unpaired) electrons. The lowest BCUT2D eigenvalue weighted by atomic mass is 9.99. The van der Waals surface area contributed by atoms with E-state index in [4.69, 9.17) is 10.00 Å². The summed E-state index contributed by atoms with van der Waals surface area (Å²) in [5, 5.41) is 8.73. The summed E-state index contributed by atoms with van der Waals surface area (Å²) in [7, 11) is 0. The average Bonchev–Trinajstić information content (AvgIpc) is 2.76. The molecule has 0 aliphatic rings. The molecule has 6 heteroatoms. The minimum atomic E-state index is -1.34. The van der Waals surface area contributed by atoms with Gasteiger partial charge < -0.3 is 4.74 Å². The molecular weight excluding hydrogens is 403 g/mol. The number of nitrogens with zero attached hydrogens (tertiary/aromatic N) is 1. The van der Waals surface area contributed by atoms with Crippen molar-refractivity contribution in [2.45, 2.75) is 32.6 Å². The zero-order valence-corrected chi connectivity index (χ0v) is 16.9. The highest BCUT2D eigenvalue weighted by Crippen LogP contribution is 2.28. The Kier molecular flexibility index (Phi) is 7.09. The molecular formula is C25H20F3NO2. The van der Waals surface area contributed by atoms with E-state index >= 15 is 0 Å². The SMILES string of the molecule is CCCCCc1ccc(-c2ccc(C(=O)Oc3ccc(C#N)c(F)c3)c(F)c2F)cc1. The molecule has 0 bridgehead atoms. The number of aryl methyl sites for hydroxylation is 1. The lowest BCUT2D eigenvalue weighted by Crippen LogP contribution is -2.12. The Labute approximate surface area is 178 Å².